The van der Waals surface area contributed by atoms with Crippen LogP contribution in [0.3, 0.4) is 0 Å². The third-order valence-electron chi connectivity index (χ3n) is 3.71. The van der Waals surface area contributed by atoms with Gasteiger partial charge in [-0.1, -0.05) is 18.2 Å². The van der Waals surface area contributed by atoms with Crippen LogP contribution >= 0.6 is 0 Å². The summed E-state index contributed by atoms with van der Waals surface area (Å²) in [7, 11) is -1.69. The molecule has 0 N–H and O–H groups in total. The molecule has 1 aromatic carbocycles. The predicted octanol–water partition coefficient (Wildman–Crippen LogP) is 1.71. The molecule has 1 fully saturated rings. The molecule has 0 unspecified atom stereocenters. The Morgan fingerprint density at radius 1 is 1.21 bits per heavy atom. The fourth-order valence-electron chi connectivity index (χ4n) is 2.42. The number of benzene rings is 1. The van der Waals surface area contributed by atoms with Crippen molar-refractivity contribution in [3.8, 4) is 0 Å². The highest BCUT2D eigenvalue weighted by Gasteiger charge is 2.23. The normalized spacial score (nSPS) is 17.2. The maximum Gasteiger partial charge on any atom is 0.243 e. The van der Waals surface area contributed by atoms with Gasteiger partial charge < -0.3 is 4.90 Å². The van der Waals surface area contributed by atoms with E-state index in [1.165, 1.54) is 17.1 Å². The molecule has 0 amide bonds. The van der Waals surface area contributed by atoms with Crippen molar-refractivity contribution >= 4 is 10.0 Å². The third kappa shape index (κ3) is 3.35. The van der Waals surface area contributed by atoms with Gasteiger partial charge in [0.05, 0.1) is 4.90 Å². The Morgan fingerprint density at radius 3 is 2.47 bits per heavy atom. The third-order valence-corrected chi connectivity index (χ3v) is 5.73. The lowest BCUT2D eigenvalue weighted by atomic mass is 10.2. The summed E-state index contributed by atoms with van der Waals surface area (Å²) in [6.45, 7) is 5.40. The van der Waals surface area contributed by atoms with E-state index in [0.717, 1.165) is 25.2 Å². The highest BCUT2D eigenvalue weighted by Crippen LogP contribution is 2.18. The van der Waals surface area contributed by atoms with Crippen LogP contribution in [0.1, 0.15) is 18.4 Å². The van der Waals surface area contributed by atoms with Crippen molar-refractivity contribution in [3.63, 3.8) is 0 Å². The second-order valence-electron chi connectivity index (χ2n) is 5.14. The van der Waals surface area contributed by atoms with Crippen molar-refractivity contribution < 1.29 is 8.42 Å². The lowest BCUT2D eigenvalue weighted by Crippen LogP contribution is -2.35. The van der Waals surface area contributed by atoms with Crippen molar-refractivity contribution in [2.45, 2.75) is 24.7 Å². The van der Waals surface area contributed by atoms with Gasteiger partial charge >= 0.3 is 0 Å². The van der Waals surface area contributed by atoms with Crippen molar-refractivity contribution in [1.82, 2.24) is 9.21 Å². The Bertz CT molecular complexity index is 522. The first-order chi connectivity index (χ1) is 9.01. The average Bonchev–Trinajstić information content (AvgIpc) is 2.89. The summed E-state index contributed by atoms with van der Waals surface area (Å²) in [5.74, 6) is 0. The van der Waals surface area contributed by atoms with E-state index in [1.54, 1.807) is 19.2 Å². The van der Waals surface area contributed by atoms with E-state index < -0.39 is 10.0 Å². The number of likely N-dealkylation sites (tertiary alicyclic amines) is 1. The van der Waals surface area contributed by atoms with Gasteiger partial charge in [-0.2, -0.15) is 4.31 Å². The first-order valence-electron chi connectivity index (χ1n) is 6.76. The molecule has 4 nitrogen and oxygen atoms in total. The van der Waals surface area contributed by atoms with Gasteiger partial charge in [0.1, 0.15) is 0 Å². The van der Waals surface area contributed by atoms with E-state index in [-0.39, 0.29) is 0 Å². The molecule has 0 aromatic heterocycles. The van der Waals surface area contributed by atoms with Gasteiger partial charge in [0.15, 0.2) is 0 Å². The molecule has 5 heteroatoms. The van der Waals surface area contributed by atoms with Gasteiger partial charge in [0, 0.05) is 20.1 Å². The topological polar surface area (TPSA) is 40.6 Å². The molecule has 0 atom stereocenters. The molecule has 2 rings (SSSR count). The van der Waals surface area contributed by atoms with Crippen LogP contribution in [0.25, 0.3) is 0 Å². The summed E-state index contributed by atoms with van der Waals surface area (Å²) in [4.78, 5) is 2.74. The highest BCUT2D eigenvalue weighted by molar-refractivity contribution is 7.89. The highest BCUT2D eigenvalue weighted by atomic mass is 32.2. The number of nitrogens with zero attached hydrogens (tertiary/aromatic N) is 2. The van der Waals surface area contributed by atoms with Crippen LogP contribution < -0.4 is 0 Å². The van der Waals surface area contributed by atoms with E-state index in [1.807, 2.05) is 19.1 Å². The van der Waals surface area contributed by atoms with Crippen LogP contribution in [-0.4, -0.2) is 50.8 Å². The van der Waals surface area contributed by atoms with Crippen molar-refractivity contribution in [1.29, 1.82) is 0 Å². The van der Waals surface area contributed by atoms with Crippen molar-refractivity contribution in [2.75, 3.05) is 33.2 Å². The molecule has 1 aliphatic heterocycles. The molecular formula is C14H22N2O2S. The minimum Gasteiger partial charge on any atom is -0.302 e. The Hall–Kier alpha value is -0.910. The number of likely N-dealkylation sites (N-methyl/N-ethyl adjacent to an activating group) is 1. The Labute approximate surface area is 116 Å². The molecule has 1 aromatic rings. The molecule has 19 heavy (non-hydrogen) atoms. The maximum atomic E-state index is 12.5. The first-order valence-corrected chi connectivity index (χ1v) is 8.20. The van der Waals surface area contributed by atoms with Crippen LogP contribution in [-0.2, 0) is 10.0 Å². The average molecular weight is 282 g/mol. The van der Waals surface area contributed by atoms with Crippen LogP contribution in [0.2, 0.25) is 0 Å². The van der Waals surface area contributed by atoms with E-state index in [0.29, 0.717) is 11.4 Å². The van der Waals surface area contributed by atoms with Gasteiger partial charge in [0.2, 0.25) is 10.0 Å². The quantitative estimate of drug-likeness (QED) is 0.825. The second-order valence-corrected chi connectivity index (χ2v) is 7.15. The summed E-state index contributed by atoms with van der Waals surface area (Å²) in [5.41, 5.74) is 0.801. The SMILES string of the molecule is Cc1ccccc1S(=O)(=O)N(C)CCN1CCCC1. The van der Waals surface area contributed by atoms with Crippen LogP contribution in [0, 0.1) is 6.92 Å². The molecule has 1 heterocycles. The minimum atomic E-state index is -3.35. The zero-order valence-corrected chi connectivity index (χ0v) is 12.5. The Balaban J connectivity index is 2.04. The summed E-state index contributed by atoms with van der Waals surface area (Å²) in [6, 6.07) is 7.14. The summed E-state index contributed by atoms with van der Waals surface area (Å²) in [6.07, 6.45) is 2.46. The van der Waals surface area contributed by atoms with Gasteiger partial charge in [-0.15, -0.1) is 0 Å². The molecule has 0 aliphatic carbocycles. The van der Waals surface area contributed by atoms with Gasteiger partial charge in [-0.05, 0) is 44.5 Å². The lowest BCUT2D eigenvalue weighted by molar-refractivity contribution is 0.310. The first kappa shape index (κ1) is 14.5. The lowest BCUT2D eigenvalue weighted by Gasteiger charge is -2.22. The monoisotopic (exact) mass is 282 g/mol. The summed E-state index contributed by atoms with van der Waals surface area (Å²) >= 11 is 0. The van der Waals surface area contributed by atoms with Crippen LogP contribution in [0.5, 0.6) is 0 Å². The minimum absolute atomic E-state index is 0.416. The zero-order valence-electron chi connectivity index (χ0n) is 11.7. The van der Waals surface area contributed by atoms with E-state index in [2.05, 4.69) is 4.90 Å². The van der Waals surface area contributed by atoms with E-state index >= 15 is 0 Å². The molecular weight excluding hydrogens is 260 g/mol. The smallest absolute Gasteiger partial charge is 0.243 e. The van der Waals surface area contributed by atoms with Crippen molar-refractivity contribution in [2.24, 2.45) is 0 Å². The number of hydrogen-bond acceptors (Lipinski definition) is 3. The number of sulfonamides is 1. The predicted molar refractivity (Wildman–Crippen MR) is 76.7 cm³/mol. The van der Waals surface area contributed by atoms with Gasteiger partial charge in [0.25, 0.3) is 0 Å². The fourth-order valence-corrected chi connectivity index (χ4v) is 3.81. The van der Waals surface area contributed by atoms with Crippen molar-refractivity contribution in [3.05, 3.63) is 29.8 Å². The molecule has 0 radical (unpaired) electrons. The largest absolute Gasteiger partial charge is 0.302 e. The maximum absolute atomic E-state index is 12.5. The number of hydrogen-bond donors (Lipinski definition) is 0. The summed E-state index contributed by atoms with van der Waals surface area (Å²) in [5, 5.41) is 0. The van der Waals surface area contributed by atoms with Gasteiger partial charge in [-0.3, -0.25) is 0 Å². The van der Waals surface area contributed by atoms with Gasteiger partial charge in [-0.25, -0.2) is 8.42 Å². The van der Waals surface area contributed by atoms with E-state index in [9.17, 15) is 8.42 Å². The van der Waals surface area contributed by atoms with Crippen LogP contribution in [0.4, 0.5) is 0 Å². The molecule has 1 aliphatic rings. The number of rotatable bonds is 5. The summed E-state index contributed by atoms with van der Waals surface area (Å²) < 4.78 is 26.4. The van der Waals surface area contributed by atoms with Crippen LogP contribution in [0.15, 0.2) is 29.2 Å². The molecule has 1 saturated heterocycles. The standard InChI is InChI=1S/C14H22N2O2S/c1-13-7-3-4-8-14(13)19(17,18)15(2)11-12-16-9-5-6-10-16/h3-4,7-8H,5-6,9-12H2,1-2H3. The molecule has 0 spiro atoms. The second kappa shape index (κ2) is 6.03. The fraction of sp³-hybridized carbons (Fsp3) is 0.571. The van der Waals surface area contributed by atoms with E-state index in [4.69, 9.17) is 0 Å². The molecule has 0 bridgehead atoms. The Morgan fingerprint density at radius 2 is 1.84 bits per heavy atom. The zero-order chi connectivity index (χ0) is 13.9. The number of aryl methyl sites for hydroxylation is 1. The Kier molecular flexibility index (Phi) is 4.60. The molecule has 0 saturated carbocycles. The molecule has 106 valence electrons.